The molecule has 0 bridgehead atoms. The molecule has 20 heavy (non-hydrogen) atoms. The minimum Gasteiger partial charge on any atom is -0.489 e. The highest BCUT2D eigenvalue weighted by atomic mass is 19.1. The second-order valence-electron chi connectivity index (χ2n) is 4.16. The molecule has 0 fully saturated rings. The van der Waals surface area contributed by atoms with Crippen LogP contribution in [0.25, 0.3) is 6.08 Å². The molecule has 0 heterocycles. The Kier molecular flexibility index (Phi) is 4.50. The predicted molar refractivity (Wildman–Crippen MR) is 73.8 cm³/mol. The van der Waals surface area contributed by atoms with Crippen molar-refractivity contribution in [2.45, 2.75) is 6.61 Å². The smallest absolute Gasteiger partial charge is 0.328 e. The molecule has 0 aliphatic heterocycles. The molecule has 4 heteroatoms. The summed E-state index contributed by atoms with van der Waals surface area (Å²) >= 11 is 0. The molecular weight excluding hydrogens is 259 g/mol. The van der Waals surface area contributed by atoms with Crippen LogP contribution in [0, 0.1) is 5.82 Å². The Morgan fingerprint density at radius 3 is 2.75 bits per heavy atom. The van der Waals surface area contributed by atoms with E-state index < -0.39 is 5.97 Å². The van der Waals surface area contributed by atoms with Crippen molar-refractivity contribution in [3.8, 4) is 5.75 Å². The van der Waals surface area contributed by atoms with Gasteiger partial charge in [0.1, 0.15) is 18.2 Å². The summed E-state index contributed by atoms with van der Waals surface area (Å²) in [5.74, 6) is -0.706. The predicted octanol–water partition coefficient (Wildman–Crippen LogP) is 3.50. The topological polar surface area (TPSA) is 46.5 Å². The fraction of sp³-hybridized carbons (Fsp3) is 0.0625. The van der Waals surface area contributed by atoms with Gasteiger partial charge in [0.25, 0.3) is 0 Å². The number of carboxylic acids is 1. The van der Waals surface area contributed by atoms with E-state index in [2.05, 4.69) is 0 Å². The quantitative estimate of drug-likeness (QED) is 0.847. The van der Waals surface area contributed by atoms with Crippen molar-refractivity contribution in [1.29, 1.82) is 0 Å². The first kappa shape index (κ1) is 13.8. The average Bonchev–Trinajstić information content (AvgIpc) is 2.43. The fourth-order valence-electron chi connectivity index (χ4n) is 1.67. The zero-order valence-corrected chi connectivity index (χ0v) is 10.6. The summed E-state index contributed by atoms with van der Waals surface area (Å²) in [6, 6.07) is 13.2. The van der Waals surface area contributed by atoms with Crippen LogP contribution in [-0.2, 0) is 11.4 Å². The van der Waals surface area contributed by atoms with Crippen molar-refractivity contribution < 1.29 is 19.0 Å². The van der Waals surface area contributed by atoms with Gasteiger partial charge in [-0.05, 0) is 41.5 Å². The fourth-order valence-corrected chi connectivity index (χ4v) is 1.67. The third kappa shape index (κ3) is 4.24. The summed E-state index contributed by atoms with van der Waals surface area (Å²) in [6.07, 6.45) is 2.54. The maximum absolute atomic E-state index is 13.0. The third-order valence-electron chi connectivity index (χ3n) is 2.57. The Bertz CT molecular complexity index is 635. The molecule has 102 valence electrons. The number of benzene rings is 2. The molecule has 0 saturated carbocycles. The van der Waals surface area contributed by atoms with Crippen LogP contribution >= 0.6 is 0 Å². The SMILES string of the molecule is O=C(O)/C=C/c1cccc(OCc2cccc(F)c2)c1. The lowest BCUT2D eigenvalue weighted by Gasteiger charge is -2.07. The Morgan fingerprint density at radius 2 is 2.00 bits per heavy atom. The summed E-state index contributed by atoms with van der Waals surface area (Å²) in [7, 11) is 0. The number of carboxylic acid groups (broad SMARTS) is 1. The van der Waals surface area contributed by atoms with Crippen LogP contribution in [0.5, 0.6) is 5.75 Å². The van der Waals surface area contributed by atoms with Crippen LogP contribution in [0.1, 0.15) is 11.1 Å². The van der Waals surface area contributed by atoms with E-state index in [1.54, 1.807) is 36.4 Å². The highest BCUT2D eigenvalue weighted by Gasteiger charge is 1.99. The summed E-state index contributed by atoms with van der Waals surface area (Å²) in [4.78, 5) is 10.4. The molecule has 3 nitrogen and oxygen atoms in total. The number of rotatable bonds is 5. The lowest BCUT2D eigenvalue weighted by molar-refractivity contribution is -0.131. The molecule has 2 aromatic carbocycles. The van der Waals surface area contributed by atoms with Crippen LogP contribution in [0.15, 0.2) is 54.6 Å². The monoisotopic (exact) mass is 272 g/mol. The lowest BCUT2D eigenvalue weighted by Crippen LogP contribution is -1.96. The van der Waals surface area contributed by atoms with E-state index in [0.29, 0.717) is 5.75 Å². The Morgan fingerprint density at radius 1 is 1.20 bits per heavy atom. The maximum atomic E-state index is 13.0. The second-order valence-corrected chi connectivity index (χ2v) is 4.16. The van der Waals surface area contributed by atoms with Crippen LogP contribution < -0.4 is 4.74 Å². The van der Waals surface area contributed by atoms with Gasteiger partial charge in [0.15, 0.2) is 0 Å². The van der Waals surface area contributed by atoms with Gasteiger partial charge in [0.2, 0.25) is 0 Å². The zero-order valence-electron chi connectivity index (χ0n) is 10.6. The number of aliphatic carboxylic acids is 1. The van der Waals surface area contributed by atoms with Crippen LogP contribution in [0.4, 0.5) is 4.39 Å². The molecule has 0 aliphatic carbocycles. The number of hydrogen-bond donors (Lipinski definition) is 1. The van der Waals surface area contributed by atoms with Crippen LogP contribution in [0.3, 0.4) is 0 Å². The number of carbonyl (C=O) groups is 1. The summed E-state index contributed by atoms with van der Waals surface area (Å²) in [5, 5.41) is 8.57. The molecular formula is C16H13FO3. The minimum atomic E-state index is -1.00. The lowest BCUT2D eigenvalue weighted by atomic mass is 10.2. The molecule has 0 spiro atoms. The first-order valence-electron chi connectivity index (χ1n) is 6.02. The van der Waals surface area contributed by atoms with Gasteiger partial charge in [-0.2, -0.15) is 0 Å². The van der Waals surface area contributed by atoms with Crippen molar-refractivity contribution in [3.05, 3.63) is 71.6 Å². The van der Waals surface area contributed by atoms with Gasteiger partial charge >= 0.3 is 5.97 Å². The molecule has 0 unspecified atom stereocenters. The van der Waals surface area contributed by atoms with Crippen molar-refractivity contribution in [3.63, 3.8) is 0 Å². The molecule has 0 atom stereocenters. The van der Waals surface area contributed by atoms with E-state index >= 15 is 0 Å². The molecule has 0 amide bonds. The van der Waals surface area contributed by atoms with Gasteiger partial charge in [-0.15, -0.1) is 0 Å². The highest BCUT2D eigenvalue weighted by Crippen LogP contribution is 2.16. The Hall–Kier alpha value is -2.62. The van der Waals surface area contributed by atoms with Crippen molar-refractivity contribution in [2.75, 3.05) is 0 Å². The highest BCUT2D eigenvalue weighted by molar-refractivity contribution is 5.85. The average molecular weight is 272 g/mol. The van der Waals surface area contributed by atoms with Gasteiger partial charge in [-0.25, -0.2) is 9.18 Å². The zero-order chi connectivity index (χ0) is 14.4. The third-order valence-corrected chi connectivity index (χ3v) is 2.57. The van der Waals surface area contributed by atoms with Gasteiger partial charge in [-0.3, -0.25) is 0 Å². The molecule has 0 saturated heterocycles. The van der Waals surface area contributed by atoms with E-state index in [9.17, 15) is 9.18 Å². The van der Waals surface area contributed by atoms with Gasteiger partial charge in [0.05, 0.1) is 0 Å². The standard InChI is InChI=1S/C16H13FO3/c17-14-5-1-4-13(9-14)11-20-15-6-2-3-12(10-15)7-8-16(18)19/h1-10H,11H2,(H,18,19)/b8-7+. The summed E-state index contributed by atoms with van der Waals surface area (Å²) in [5.41, 5.74) is 1.46. The first-order valence-corrected chi connectivity index (χ1v) is 6.02. The molecule has 2 aromatic rings. The Balaban J connectivity index is 2.03. The molecule has 0 aromatic heterocycles. The minimum absolute atomic E-state index is 0.254. The molecule has 1 N–H and O–H groups in total. The van der Waals surface area contributed by atoms with Gasteiger partial charge in [-0.1, -0.05) is 24.3 Å². The summed E-state index contributed by atoms with van der Waals surface area (Å²) in [6.45, 7) is 0.254. The normalized spacial score (nSPS) is 10.7. The van der Waals surface area contributed by atoms with Crippen LogP contribution in [0.2, 0.25) is 0 Å². The molecule has 0 aliphatic rings. The van der Waals surface area contributed by atoms with E-state index in [1.165, 1.54) is 18.2 Å². The van der Waals surface area contributed by atoms with Gasteiger partial charge in [0, 0.05) is 6.08 Å². The maximum Gasteiger partial charge on any atom is 0.328 e. The van der Waals surface area contributed by atoms with E-state index in [4.69, 9.17) is 9.84 Å². The van der Waals surface area contributed by atoms with Gasteiger partial charge < -0.3 is 9.84 Å². The van der Waals surface area contributed by atoms with E-state index in [1.807, 2.05) is 0 Å². The second kappa shape index (κ2) is 6.52. The Labute approximate surface area is 115 Å². The van der Waals surface area contributed by atoms with Crippen molar-refractivity contribution in [1.82, 2.24) is 0 Å². The first-order chi connectivity index (χ1) is 9.63. The number of halogens is 1. The number of hydrogen-bond acceptors (Lipinski definition) is 2. The largest absolute Gasteiger partial charge is 0.489 e. The molecule has 0 radical (unpaired) electrons. The van der Waals surface area contributed by atoms with E-state index in [-0.39, 0.29) is 12.4 Å². The number of ether oxygens (including phenoxy) is 1. The molecule has 2 rings (SSSR count). The van der Waals surface area contributed by atoms with Crippen LogP contribution in [-0.4, -0.2) is 11.1 Å². The van der Waals surface area contributed by atoms with E-state index in [0.717, 1.165) is 17.2 Å². The van der Waals surface area contributed by atoms with Crippen molar-refractivity contribution >= 4 is 12.0 Å². The van der Waals surface area contributed by atoms with Crippen molar-refractivity contribution in [2.24, 2.45) is 0 Å². The summed E-state index contributed by atoms with van der Waals surface area (Å²) < 4.78 is 18.6.